The van der Waals surface area contributed by atoms with Crippen LogP contribution in [0.1, 0.15) is 28.8 Å². The van der Waals surface area contributed by atoms with Crippen molar-refractivity contribution in [2.24, 2.45) is 0 Å². The molecule has 0 unspecified atom stereocenters. The van der Waals surface area contributed by atoms with Gasteiger partial charge in [0, 0.05) is 22.7 Å². The van der Waals surface area contributed by atoms with E-state index in [2.05, 4.69) is 15.0 Å². The van der Waals surface area contributed by atoms with Crippen LogP contribution in [0.25, 0.3) is 0 Å². The van der Waals surface area contributed by atoms with Gasteiger partial charge in [0.2, 0.25) is 0 Å². The van der Waals surface area contributed by atoms with E-state index < -0.39 is 5.82 Å². The standard InChI is InChI=1S/C16H15ClFN3OS/c1-9-8-19-15(21-23-11-3-4-11)7-12(9)16(22)20-10-2-5-14(18)13(17)6-10/h2,5-8,11H,3-4H2,1H3,(H,19,21)(H,20,22). The average Bonchev–Trinajstić information content (AvgIpc) is 3.34. The monoisotopic (exact) mass is 351 g/mol. The second kappa shape index (κ2) is 6.76. The zero-order chi connectivity index (χ0) is 16.4. The minimum Gasteiger partial charge on any atom is -0.322 e. The van der Waals surface area contributed by atoms with Crippen LogP contribution in [0.5, 0.6) is 0 Å². The molecule has 1 fully saturated rings. The van der Waals surface area contributed by atoms with Crippen LogP contribution in [0.4, 0.5) is 15.9 Å². The van der Waals surface area contributed by atoms with Crippen molar-refractivity contribution in [1.82, 2.24) is 4.98 Å². The van der Waals surface area contributed by atoms with Crippen LogP contribution < -0.4 is 10.0 Å². The fraction of sp³-hybridized carbons (Fsp3) is 0.250. The molecule has 0 radical (unpaired) electrons. The van der Waals surface area contributed by atoms with Gasteiger partial charge in [-0.25, -0.2) is 9.37 Å². The Morgan fingerprint density at radius 2 is 2.17 bits per heavy atom. The third kappa shape index (κ3) is 4.14. The molecular weight excluding hydrogens is 337 g/mol. The van der Waals surface area contributed by atoms with Gasteiger partial charge in [0.15, 0.2) is 0 Å². The lowest BCUT2D eigenvalue weighted by molar-refractivity contribution is 0.102. The highest BCUT2D eigenvalue weighted by molar-refractivity contribution is 8.01. The van der Waals surface area contributed by atoms with Crippen molar-refractivity contribution < 1.29 is 9.18 Å². The Hall–Kier alpha value is -1.79. The first kappa shape index (κ1) is 16.1. The van der Waals surface area contributed by atoms with E-state index in [0.29, 0.717) is 22.3 Å². The molecule has 23 heavy (non-hydrogen) atoms. The van der Waals surface area contributed by atoms with Gasteiger partial charge in [-0.3, -0.25) is 4.79 Å². The van der Waals surface area contributed by atoms with E-state index in [0.717, 1.165) is 5.56 Å². The van der Waals surface area contributed by atoms with Gasteiger partial charge in [-0.15, -0.1) is 0 Å². The van der Waals surface area contributed by atoms with Crippen LogP contribution in [0, 0.1) is 12.7 Å². The van der Waals surface area contributed by atoms with Gasteiger partial charge < -0.3 is 10.0 Å². The van der Waals surface area contributed by atoms with Crippen LogP contribution in [0.15, 0.2) is 30.5 Å². The number of hydrogen-bond acceptors (Lipinski definition) is 4. The number of hydrogen-bond donors (Lipinski definition) is 2. The fourth-order valence-corrected chi connectivity index (χ4v) is 2.88. The second-order valence-corrected chi connectivity index (χ2v) is 6.90. The molecule has 1 saturated carbocycles. The Morgan fingerprint density at radius 3 is 2.87 bits per heavy atom. The average molecular weight is 352 g/mol. The molecule has 1 amide bonds. The summed E-state index contributed by atoms with van der Waals surface area (Å²) in [5, 5.41) is 3.32. The Morgan fingerprint density at radius 1 is 1.39 bits per heavy atom. The highest BCUT2D eigenvalue weighted by Crippen LogP contribution is 2.34. The lowest BCUT2D eigenvalue weighted by atomic mass is 10.1. The van der Waals surface area contributed by atoms with Gasteiger partial charge in [0.05, 0.1) is 5.02 Å². The Labute approximate surface area is 143 Å². The molecule has 0 atom stereocenters. The number of carbonyl (C=O) groups excluding carboxylic acids is 1. The number of aryl methyl sites for hydroxylation is 1. The summed E-state index contributed by atoms with van der Waals surface area (Å²) in [6, 6.07) is 5.78. The summed E-state index contributed by atoms with van der Waals surface area (Å²) in [4.78, 5) is 16.7. The zero-order valence-electron chi connectivity index (χ0n) is 12.4. The second-order valence-electron chi connectivity index (χ2n) is 5.39. The van der Waals surface area contributed by atoms with Crippen LogP contribution in [0.3, 0.4) is 0 Å². The van der Waals surface area contributed by atoms with Crippen molar-refractivity contribution in [2.45, 2.75) is 25.0 Å². The maximum absolute atomic E-state index is 13.2. The number of carbonyl (C=O) groups is 1. The van der Waals surface area contributed by atoms with Crippen LogP contribution in [-0.4, -0.2) is 16.1 Å². The molecular formula is C16H15ClFN3OS. The Balaban J connectivity index is 1.74. The smallest absolute Gasteiger partial charge is 0.256 e. The number of anilines is 2. The third-order valence-corrected chi connectivity index (χ3v) is 4.80. The van der Waals surface area contributed by atoms with Crippen LogP contribution in [0.2, 0.25) is 5.02 Å². The van der Waals surface area contributed by atoms with Crippen molar-refractivity contribution in [3.8, 4) is 0 Å². The molecule has 2 N–H and O–H groups in total. The summed E-state index contributed by atoms with van der Waals surface area (Å²) in [5.74, 6) is -0.157. The van der Waals surface area contributed by atoms with Gasteiger partial charge >= 0.3 is 0 Å². The molecule has 0 aliphatic heterocycles. The summed E-state index contributed by atoms with van der Waals surface area (Å²) >= 11 is 7.35. The van der Waals surface area contributed by atoms with Gasteiger partial charge in [-0.2, -0.15) is 0 Å². The molecule has 0 saturated heterocycles. The Kier molecular flexibility index (Phi) is 4.73. The van der Waals surface area contributed by atoms with E-state index in [1.165, 1.54) is 31.0 Å². The molecule has 1 aliphatic carbocycles. The molecule has 3 rings (SSSR count). The zero-order valence-corrected chi connectivity index (χ0v) is 14.0. The van der Waals surface area contributed by atoms with Crippen LogP contribution >= 0.6 is 23.5 Å². The normalized spacial score (nSPS) is 13.7. The number of amides is 1. The number of pyridine rings is 1. The molecule has 4 nitrogen and oxygen atoms in total. The maximum atomic E-state index is 13.2. The molecule has 0 bridgehead atoms. The summed E-state index contributed by atoms with van der Waals surface area (Å²) in [6.07, 6.45) is 4.08. The largest absolute Gasteiger partial charge is 0.322 e. The van der Waals surface area contributed by atoms with E-state index in [4.69, 9.17) is 11.6 Å². The molecule has 1 aromatic heterocycles. The van der Waals surface area contributed by atoms with E-state index in [1.807, 2.05) is 6.92 Å². The lowest BCUT2D eigenvalue weighted by Crippen LogP contribution is -2.14. The number of rotatable bonds is 5. The van der Waals surface area contributed by atoms with Gasteiger partial charge in [-0.05, 0) is 61.5 Å². The minimum atomic E-state index is -0.520. The first-order valence-electron chi connectivity index (χ1n) is 7.17. The van der Waals surface area contributed by atoms with Gasteiger partial charge in [-0.1, -0.05) is 11.6 Å². The SMILES string of the molecule is Cc1cnc(NSC2CC2)cc1C(=O)Nc1ccc(F)c(Cl)c1. The predicted molar refractivity (Wildman–Crippen MR) is 92.6 cm³/mol. The molecule has 1 heterocycles. The van der Waals surface area contributed by atoms with E-state index in [1.54, 1.807) is 24.2 Å². The first-order valence-corrected chi connectivity index (χ1v) is 8.43. The van der Waals surface area contributed by atoms with Crippen LogP contribution in [-0.2, 0) is 0 Å². The molecule has 7 heteroatoms. The lowest BCUT2D eigenvalue weighted by Gasteiger charge is -2.10. The van der Waals surface area contributed by atoms with Crippen molar-refractivity contribution in [3.63, 3.8) is 0 Å². The van der Waals surface area contributed by atoms with E-state index in [9.17, 15) is 9.18 Å². The minimum absolute atomic E-state index is 0.0301. The van der Waals surface area contributed by atoms with Gasteiger partial charge in [0.25, 0.3) is 5.91 Å². The summed E-state index contributed by atoms with van der Waals surface area (Å²) in [5.41, 5.74) is 1.72. The number of nitrogens with one attached hydrogen (secondary N) is 2. The third-order valence-electron chi connectivity index (χ3n) is 3.38. The van der Waals surface area contributed by atoms with E-state index >= 15 is 0 Å². The number of benzene rings is 1. The molecule has 2 aromatic rings. The number of aromatic nitrogens is 1. The number of halogens is 2. The highest BCUT2D eigenvalue weighted by atomic mass is 35.5. The quantitative estimate of drug-likeness (QED) is 0.769. The van der Waals surface area contributed by atoms with Crippen molar-refractivity contribution >= 4 is 41.0 Å². The van der Waals surface area contributed by atoms with Crippen molar-refractivity contribution in [3.05, 3.63) is 52.4 Å². The first-order chi connectivity index (χ1) is 11.0. The summed E-state index contributed by atoms with van der Waals surface area (Å²) in [7, 11) is 0. The highest BCUT2D eigenvalue weighted by Gasteiger charge is 2.22. The maximum Gasteiger partial charge on any atom is 0.256 e. The molecule has 0 spiro atoms. The Bertz CT molecular complexity index is 752. The predicted octanol–water partition coefficient (Wildman–Crippen LogP) is 4.66. The topological polar surface area (TPSA) is 54.0 Å². The molecule has 120 valence electrons. The van der Waals surface area contributed by atoms with Crippen molar-refractivity contribution in [1.29, 1.82) is 0 Å². The molecule has 1 aliphatic rings. The summed E-state index contributed by atoms with van der Waals surface area (Å²) < 4.78 is 16.3. The van der Waals surface area contributed by atoms with E-state index in [-0.39, 0.29) is 10.9 Å². The summed E-state index contributed by atoms with van der Waals surface area (Å²) in [6.45, 7) is 1.82. The number of nitrogens with zero attached hydrogens (tertiary/aromatic N) is 1. The van der Waals surface area contributed by atoms with Crippen molar-refractivity contribution in [2.75, 3.05) is 10.0 Å². The fourth-order valence-electron chi connectivity index (χ4n) is 1.93. The van der Waals surface area contributed by atoms with Gasteiger partial charge in [0.1, 0.15) is 11.6 Å². The molecule has 1 aromatic carbocycles.